The summed E-state index contributed by atoms with van der Waals surface area (Å²) in [6.45, 7) is -0.00678. The Bertz CT molecular complexity index is 1600. The quantitative estimate of drug-likeness (QED) is 0.320. The molecule has 2 aromatic heterocycles. The van der Waals surface area contributed by atoms with E-state index in [0.29, 0.717) is 22.4 Å². The molecular weight excluding hydrogens is 472 g/mol. The third-order valence-electron chi connectivity index (χ3n) is 5.73. The van der Waals surface area contributed by atoms with E-state index in [0.717, 1.165) is 12.8 Å². The van der Waals surface area contributed by atoms with Gasteiger partial charge in [-0.1, -0.05) is 12.1 Å². The maximum Gasteiger partial charge on any atom is 0.314 e. The van der Waals surface area contributed by atoms with Crippen molar-refractivity contribution in [2.75, 3.05) is 0 Å². The summed E-state index contributed by atoms with van der Waals surface area (Å²) in [5.41, 5.74) is 0.00756. The predicted octanol–water partition coefficient (Wildman–Crippen LogP) is 2.09. The highest BCUT2D eigenvalue weighted by molar-refractivity contribution is 7.89. The van der Waals surface area contributed by atoms with Gasteiger partial charge in [-0.05, 0) is 60.9 Å². The van der Waals surface area contributed by atoms with Crippen molar-refractivity contribution in [2.24, 2.45) is 0 Å². The molecule has 0 atom stereocenters. The lowest BCUT2D eigenvalue weighted by Crippen LogP contribution is -2.31. The minimum atomic E-state index is -4.04. The van der Waals surface area contributed by atoms with Crippen molar-refractivity contribution in [3.8, 4) is 0 Å². The highest BCUT2D eigenvalue weighted by Gasteiger charge is 2.27. The molecule has 0 unspecified atom stereocenters. The maximum atomic E-state index is 13.6. The van der Waals surface area contributed by atoms with Crippen LogP contribution in [0.3, 0.4) is 0 Å². The van der Waals surface area contributed by atoms with Crippen LogP contribution in [0.1, 0.15) is 34.5 Å². The van der Waals surface area contributed by atoms with Crippen molar-refractivity contribution in [2.45, 2.75) is 36.9 Å². The predicted molar refractivity (Wildman–Crippen MR) is 127 cm³/mol. The average molecular weight is 495 g/mol. The number of hydrogen-bond donors (Lipinski definition) is 3. The molecule has 1 amide bonds. The molecule has 0 spiro atoms. The van der Waals surface area contributed by atoms with Gasteiger partial charge in [0.15, 0.2) is 0 Å². The molecule has 1 fully saturated rings. The molecule has 1 aliphatic carbocycles. The molecule has 5 rings (SSSR count). The summed E-state index contributed by atoms with van der Waals surface area (Å²) >= 11 is 0. The van der Waals surface area contributed by atoms with Gasteiger partial charge in [-0.15, -0.1) is 0 Å². The first-order valence-corrected chi connectivity index (χ1v) is 12.4. The van der Waals surface area contributed by atoms with Gasteiger partial charge in [0.1, 0.15) is 5.76 Å². The van der Waals surface area contributed by atoms with Crippen LogP contribution in [0.4, 0.5) is 0 Å². The summed E-state index contributed by atoms with van der Waals surface area (Å²) in [6, 6.07) is 14.5. The Hall–Kier alpha value is -3.96. The lowest BCUT2D eigenvalue weighted by atomic mass is 10.1. The molecule has 10 nitrogen and oxygen atoms in total. The van der Waals surface area contributed by atoms with Gasteiger partial charge in [0.2, 0.25) is 10.0 Å². The fraction of sp³-hybridized carbons (Fsp3) is 0.208. The average Bonchev–Trinajstić information content (AvgIpc) is 3.50. The summed E-state index contributed by atoms with van der Waals surface area (Å²) in [4.78, 5) is 40.3. The van der Waals surface area contributed by atoms with E-state index in [9.17, 15) is 22.8 Å². The number of fused-ring (bicyclic) bond motifs is 1. The van der Waals surface area contributed by atoms with Crippen LogP contribution in [-0.4, -0.2) is 34.6 Å². The summed E-state index contributed by atoms with van der Waals surface area (Å²) in [5, 5.41) is 2.92. The summed E-state index contributed by atoms with van der Waals surface area (Å²) in [7, 11) is -4.04. The first-order valence-electron chi connectivity index (χ1n) is 11.0. The minimum Gasteiger partial charge on any atom is -0.468 e. The number of benzene rings is 2. The number of carbonyl (C=O) groups excluding carboxylic acids is 1. The fourth-order valence-electron chi connectivity index (χ4n) is 3.67. The van der Waals surface area contributed by atoms with E-state index in [1.807, 2.05) is 0 Å². The monoisotopic (exact) mass is 494 g/mol. The van der Waals surface area contributed by atoms with E-state index in [2.05, 4.69) is 15.3 Å². The van der Waals surface area contributed by atoms with E-state index < -0.39 is 21.1 Å². The molecule has 2 heterocycles. The van der Waals surface area contributed by atoms with Crippen LogP contribution < -0.4 is 16.4 Å². The normalized spacial score (nSPS) is 13.9. The number of amides is 1. The SMILES string of the molecule is O=C(NC1CC1)c1ccc(CN(Cc2ccco2)S(=O)(=O)c2ccc3[nH]c(=O)c(=O)[nH]c3c2)cc1. The fourth-order valence-corrected chi connectivity index (χ4v) is 5.09. The smallest absolute Gasteiger partial charge is 0.314 e. The van der Waals surface area contributed by atoms with Crippen LogP contribution in [0.2, 0.25) is 0 Å². The molecule has 180 valence electrons. The lowest BCUT2D eigenvalue weighted by molar-refractivity contribution is 0.0951. The number of sulfonamides is 1. The molecule has 3 N–H and O–H groups in total. The number of hydrogen-bond acceptors (Lipinski definition) is 6. The van der Waals surface area contributed by atoms with Crippen molar-refractivity contribution < 1.29 is 17.6 Å². The molecule has 2 aromatic carbocycles. The molecule has 0 aliphatic heterocycles. The first kappa shape index (κ1) is 22.8. The second-order valence-electron chi connectivity index (χ2n) is 8.41. The number of furan rings is 1. The highest BCUT2D eigenvalue weighted by atomic mass is 32.2. The Balaban J connectivity index is 1.45. The van der Waals surface area contributed by atoms with Gasteiger partial charge in [-0.2, -0.15) is 4.31 Å². The van der Waals surface area contributed by atoms with Crippen molar-refractivity contribution in [1.82, 2.24) is 19.6 Å². The van der Waals surface area contributed by atoms with Crippen LogP contribution in [-0.2, 0) is 23.1 Å². The molecule has 11 heteroatoms. The number of H-pyrrole nitrogens is 2. The number of carbonyl (C=O) groups is 1. The molecule has 4 aromatic rings. The molecule has 0 saturated heterocycles. The Morgan fingerprint density at radius 3 is 2.34 bits per heavy atom. The van der Waals surface area contributed by atoms with Crippen molar-refractivity contribution in [3.63, 3.8) is 0 Å². The molecule has 35 heavy (non-hydrogen) atoms. The summed E-state index contributed by atoms with van der Waals surface area (Å²) < 4.78 is 33.9. The van der Waals surface area contributed by atoms with Crippen LogP contribution in [0, 0.1) is 0 Å². The zero-order chi connectivity index (χ0) is 24.6. The first-order chi connectivity index (χ1) is 16.8. The highest BCUT2D eigenvalue weighted by Crippen LogP contribution is 2.24. The number of nitrogens with one attached hydrogen (secondary N) is 3. The van der Waals surface area contributed by atoms with Crippen LogP contribution in [0.25, 0.3) is 11.0 Å². The van der Waals surface area contributed by atoms with E-state index in [1.165, 1.54) is 28.8 Å². The second-order valence-corrected chi connectivity index (χ2v) is 10.4. The van der Waals surface area contributed by atoms with Crippen molar-refractivity contribution >= 4 is 27.0 Å². The number of aromatic amines is 2. The van der Waals surface area contributed by atoms with Crippen LogP contribution in [0.15, 0.2) is 79.8 Å². The van der Waals surface area contributed by atoms with E-state index >= 15 is 0 Å². The summed E-state index contributed by atoms with van der Waals surface area (Å²) in [6.07, 6.45) is 3.44. The molecule has 1 aliphatic rings. The van der Waals surface area contributed by atoms with Crippen LogP contribution in [0.5, 0.6) is 0 Å². The Morgan fingerprint density at radius 1 is 0.971 bits per heavy atom. The van der Waals surface area contributed by atoms with Gasteiger partial charge in [0, 0.05) is 18.2 Å². The van der Waals surface area contributed by atoms with Gasteiger partial charge >= 0.3 is 11.1 Å². The van der Waals surface area contributed by atoms with Gasteiger partial charge in [0.05, 0.1) is 28.7 Å². The van der Waals surface area contributed by atoms with Gasteiger partial charge in [-0.3, -0.25) is 14.4 Å². The Labute approximate surface area is 199 Å². The Morgan fingerprint density at radius 2 is 1.69 bits per heavy atom. The number of aromatic nitrogens is 2. The maximum absolute atomic E-state index is 13.6. The lowest BCUT2D eigenvalue weighted by Gasteiger charge is -2.22. The van der Waals surface area contributed by atoms with Gasteiger partial charge < -0.3 is 19.7 Å². The van der Waals surface area contributed by atoms with Crippen molar-refractivity contribution in [3.05, 3.63) is 98.5 Å². The Kier molecular flexibility index (Phi) is 5.87. The van der Waals surface area contributed by atoms with Crippen LogP contribution >= 0.6 is 0 Å². The zero-order valence-corrected chi connectivity index (χ0v) is 19.3. The van der Waals surface area contributed by atoms with Gasteiger partial charge in [0.25, 0.3) is 5.91 Å². The summed E-state index contributed by atoms with van der Waals surface area (Å²) in [5.74, 6) is 0.301. The second kappa shape index (κ2) is 9.01. The minimum absolute atomic E-state index is 0.0216. The van der Waals surface area contributed by atoms with Crippen molar-refractivity contribution in [1.29, 1.82) is 0 Å². The number of rotatable bonds is 8. The molecular formula is C24H22N4O6S. The van der Waals surface area contributed by atoms with E-state index in [4.69, 9.17) is 4.42 Å². The van der Waals surface area contributed by atoms with Gasteiger partial charge in [-0.25, -0.2) is 8.42 Å². The van der Waals surface area contributed by atoms with E-state index in [-0.39, 0.29) is 35.5 Å². The number of nitrogens with zero attached hydrogens (tertiary/aromatic N) is 1. The largest absolute Gasteiger partial charge is 0.468 e. The molecule has 0 bridgehead atoms. The zero-order valence-electron chi connectivity index (χ0n) is 18.5. The molecule has 1 saturated carbocycles. The third kappa shape index (κ3) is 4.96. The standard InChI is InChI=1S/C24H22N4O6S/c29-22(25-17-7-8-17)16-5-3-15(4-6-16)13-28(14-18-2-1-11-34-18)35(32,33)19-9-10-20-21(12-19)27-24(31)23(30)26-20/h1-6,9-12,17H,7-8,13-14H2,(H,25,29)(H,26,30)(H,27,31). The van der Waals surface area contributed by atoms with E-state index in [1.54, 1.807) is 36.4 Å². The molecule has 0 radical (unpaired) electrons. The topological polar surface area (TPSA) is 145 Å². The third-order valence-corrected chi connectivity index (χ3v) is 7.52.